The lowest BCUT2D eigenvalue weighted by molar-refractivity contribution is -0.124. The number of pyridine rings is 1. The fraction of sp³-hybridized carbons (Fsp3) is 0.300. The number of nitrogens with zero attached hydrogens (tertiary/aromatic N) is 1. The van der Waals surface area contributed by atoms with Crippen LogP contribution in [0.1, 0.15) is 18.6 Å². The van der Waals surface area contributed by atoms with E-state index in [2.05, 4.69) is 15.6 Å². The molecule has 1 aliphatic rings. The van der Waals surface area contributed by atoms with Crippen molar-refractivity contribution < 1.29 is 13.9 Å². The molecule has 6 heteroatoms. The fourth-order valence-electron chi connectivity index (χ4n) is 3.23. The Labute approximate surface area is 151 Å². The van der Waals surface area contributed by atoms with Crippen molar-refractivity contribution in [2.24, 2.45) is 0 Å². The first-order chi connectivity index (χ1) is 12.8. The van der Waals surface area contributed by atoms with Gasteiger partial charge in [0.15, 0.2) is 0 Å². The highest BCUT2D eigenvalue weighted by Crippen LogP contribution is 2.23. The third-order valence-electron chi connectivity index (χ3n) is 4.60. The first-order valence-electron chi connectivity index (χ1n) is 8.82. The lowest BCUT2D eigenvalue weighted by atomic mass is 10.0. The van der Waals surface area contributed by atoms with Crippen LogP contribution in [-0.2, 0) is 11.3 Å². The van der Waals surface area contributed by atoms with E-state index in [1.165, 1.54) is 0 Å². The Morgan fingerprint density at radius 2 is 2.27 bits per heavy atom. The quantitative estimate of drug-likeness (QED) is 0.739. The minimum Gasteiger partial charge on any atom is -0.490 e. The Morgan fingerprint density at radius 3 is 3.15 bits per heavy atom. The maximum Gasteiger partial charge on any atom is 0.237 e. The van der Waals surface area contributed by atoms with E-state index < -0.39 is 0 Å². The van der Waals surface area contributed by atoms with Gasteiger partial charge in [-0.15, -0.1) is 0 Å². The maximum absolute atomic E-state index is 12.4. The number of furan rings is 1. The second-order valence-electron chi connectivity index (χ2n) is 6.45. The standard InChI is InChI=1S/C20H21N3O3/c24-20(23-13-18-2-1-9-25-18)19-11-17(6-8-22-19)26-16-4-3-15-12-21-7-5-14(15)10-16/h1-5,7,9-10,12,17,19,22H,6,8,11,13H2,(H,23,24)/t17-,19-/m0/s1. The van der Waals surface area contributed by atoms with Crippen molar-refractivity contribution in [2.75, 3.05) is 6.54 Å². The highest BCUT2D eigenvalue weighted by Gasteiger charge is 2.28. The van der Waals surface area contributed by atoms with Gasteiger partial charge in [0, 0.05) is 24.2 Å². The summed E-state index contributed by atoms with van der Waals surface area (Å²) in [5.74, 6) is 1.54. The van der Waals surface area contributed by atoms with Crippen LogP contribution in [0.3, 0.4) is 0 Å². The van der Waals surface area contributed by atoms with Gasteiger partial charge in [-0.2, -0.15) is 0 Å². The Kier molecular flexibility index (Phi) is 4.84. The molecule has 134 valence electrons. The Hall–Kier alpha value is -2.86. The Morgan fingerprint density at radius 1 is 1.31 bits per heavy atom. The molecule has 1 amide bonds. The van der Waals surface area contributed by atoms with Crippen LogP contribution in [0.25, 0.3) is 10.8 Å². The minimum absolute atomic E-state index is 0.00917. The van der Waals surface area contributed by atoms with Gasteiger partial charge in [0.25, 0.3) is 0 Å². The molecule has 2 aromatic heterocycles. The average molecular weight is 351 g/mol. The van der Waals surface area contributed by atoms with Gasteiger partial charge in [-0.05, 0) is 54.8 Å². The molecule has 4 rings (SSSR count). The molecular weight excluding hydrogens is 330 g/mol. The molecule has 1 aromatic carbocycles. The van der Waals surface area contributed by atoms with Crippen LogP contribution in [0.15, 0.2) is 59.5 Å². The molecule has 26 heavy (non-hydrogen) atoms. The molecule has 2 N–H and O–H groups in total. The number of rotatable bonds is 5. The van der Waals surface area contributed by atoms with Gasteiger partial charge in [0.2, 0.25) is 5.91 Å². The first kappa shape index (κ1) is 16.6. The van der Waals surface area contributed by atoms with E-state index in [0.29, 0.717) is 13.0 Å². The zero-order valence-electron chi connectivity index (χ0n) is 14.4. The van der Waals surface area contributed by atoms with Crippen LogP contribution in [0.4, 0.5) is 0 Å². The molecule has 0 bridgehead atoms. The Bertz CT molecular complexity index is 879. The van der Waals surface area contributed by atoms with Crippen LogP contribution in [-0.4, -0.2) is 29.6 Å². The lowest BCUT2D eigenvalue weighted by Gasteiger charge is -2.30. The monoisotopic (exact) mass is 351 g/mol. The van der Waals surface area contributed by atoms with Crippen molar-refractivity contribution in [3.8, 4) is 5.75 Å². The fourth-order valence-corrected chi connectivity index (χ4v) is 3.23. The smallest absolute Gasteiger partial charge is 0.237 e. The predicted molar refractivity (Wildman–Crippen MR) is 97.7 cm³/mol. The predicted octanol–water partition coefficient (Wildman–Crippen LogP) is 2.64. The minimum atomic E-state index is -0.256. The number of piperidine rings is 1. The molecule has 1 fully saturated rings. The summed E-state index contributed by atoms with van der Waals surface area (Å²) in [6.07, 6.45) is 6.73. The largest absolute Gasteiger partial charge is 0.490 e. The van der Waals surface area contributed by atoms with Crippen LogP contribution in [0.2, 0.25) is 0 Å². The molecule has 0 saturated carbocycles. The van der Waals surface area contributed by atoms with E-state index in [-0.39, 0.29) is 18.1 Å². The van der Waals surface area contributed by atoms with Crippen LogP contribution in [0, 0.1) is 0 Å². The van der Waals surface area contributed by atoms with Crippen molar-refractivity contribution in [3.63, 3.8) is 0 Å². The molecule has 1 aliphatic heterocycles. The van der Waals surface area contributed by atoms with E-state index >= 15 is 0 Å². The highest BCUT2D eigenvalue weighted by atomic mass is 16.5. The number of ether oxygens (including phenoxy) is 1. The number of fused-ring (bicyclic) bond motifs is 1. The van der Waals surface area contributed by atoms with Crippen LogP contribution < -0.4 is 15.4 Å². The van der Waals surface area contributed by atoms with Crippen LogP contribution in [0.5, 0.6) is 5.75 Å². The molecule has 3 heterocycles. The molecular formula is C20H21N3O3. The number of hydrogen-bond acceptors (Lipinski definition) is 5. The third kappa shape index (κ3) is 3.86. The number of aromatic nitrogens is 1. The molecule has 0 aliphatic carbocycles. The van der Waals surface area contributed by atoms with Gasteiger partial charge in [-0.1, -0.05) is 0 Å². The zero-order chi connectivity index (χ0) is 17.8. The van der Waals surface area contributed by atoms with E-state index in [9.17, 15) is 4.79 Å². The van der Waals surface area contributed by atoms with Crippen molar-refractivity contribution in [1.29, 1.82) is 0 Å². The number of carbonyl (C=O) groups excluding carboxylic acids is 1. The highest BCUT2D eigenvalue weighted by molar-refractivity contribution is 5.83. The van der Waals surface area contributed by atoms with Crippen molar-refractivity contribution in [3.05, 3.63) is 60.8 Å². The van der Waals surface area contributed by atoms with Gasteiger partial charge in [0.1, 0.15) is 17.6 Å². The molecule has 0 radical (unpaired) electrons. The summed E-state index contributed by atoms with van der Waals surface area (Å²) < 4.78 is 11.4. The van der Waals surface area contributed by atoms with Crippen molar-refractivity contribution in [1.82, 2.24) is 15.6 Å². The third-order valence-corrected chi connectivity index (χ3v) is 4.60. The number of amides is 1. The molecule has 0 spiro atoms. The molecule has 6 nitrogen and oxygen atoms in total. The maximum atomic E-state index is 12.4. The molecule has 1 saturated heterocycles. The summed E-state index contributed by atoms with van der Waals surface area (Å²) in [6, 6.07) is 11.3. The second kappa shape index (κ2) is 7.58. The summed E-state index contributed by atoms with van der Waals surface area (Å²) in [4.78, 5) is 16.5. The van der Waals surface area contributed by atoms with E-state index in [1.807, 2.05) is 42.6 Å². The van der Waals surface area contributed by atoms with Crippen LogP contribution >= 0.6 is 0 Å². The number of hydrogen-bond donors (Lipinski definition) is 2. The van der Waals surface area contributed by atoms with Gasteiger partial charge < -0.3 is 19.8 Å². The summed E-state index contributed by atoms with van der Waals surface area (Å²) in [5.41, 5.74) is 0. The molecule has 3 aromatic rings. The number of benzene rings is 1. The summed E-state index contributed by atoms with van der Waals surface area (Å²) in [7, 11) is 0. The lowest BCUT2D eigenvalue weighted by Crippen LogP contribution is -2.50. The number of carbonyl (C=O) groups is 1. The van der Waals surface area contributed by atoms with E-state index in [1.54, 1.807) is 12.5 Å². The second-order valence-corrected chi connectivity index (χ2v) is 6.45. The average Bonchev–Trinajstić information content (AvgIpc) is 3.20. The van der Waals surface area contributed by atoms with Gasteiger partial charge in [0.05, 0.1) is 18.8 Å². The molecule has 2 atom stereocenters. The normalized spacial score (nSPS) is 20.0. The topological polar surface area (TPSA) is 76.4 Å². The van der Waals surface area contributed by atoms with Crippen molar-refractivity contribution >= 4 is 16.7 Å². The zero-order valence-corrected chi connectivity index (χ0v) is 14.4. The van der Waals surface area contributed by atoms with Crippen molar-refractivity contribution in [2.45, 2.75) is 31.5 Å². The summed E-state index contributed by atoms with van der Waals surface area (Å²) in [6.45, 7) is 1.15. The van der Waals surface area contributed by atoms with Gasteiger partial charge in [-0.3, -0.25) is 9.78 Å². The summed E-state index contributed by atoms with van der Waals surface area (Å²) in [5, 5.41) is 8.35. The summed E-state index contributed by atoms with van der Waals surface area (Å²) >= 11 is 0. The SMILES string of the molecule is O=C(NCc1ccco1)[C@@H]1C[C@@H](Oc2ccc3cnccc3c2)CCN1. The van der Waals surface area contributed by atoms with Gasteiger partial charge >= 0.3 is 0 Å². The van der Waals surface area contributed by atoms with E-state index in [0.717, 1.165) is 35.2 Å². The van der Waals surface area contributed by atoms with Gasteiger partial charge in [-0.25, -0.2) is 0 Å². The first-order valence-corrected chi connectivity index (χ1v) is 8.82. The van der Waals surface area contributed by atoms with E-state index in [4.69, 9.17) is 9.15 Å². The Balaban J connectivity index is 1.35. The molecule has 0 unspecified atom stereocenters. The number of nitrogens with one attached hydrogen (secondary N) is 2.